The summed E-state index contributed by atoms with van der Waals surface area (Å²) in [6.07, 6.45) is 8.56. The zero-order chi connectivity index (χ0) is 13.0. The van der Waals surface area contributed by atoms with Crippen LogP contribution in [0.15, 0.2) is 0 Å². The fraction of sp³-hybridized carbons (Fsp3) is 0.929. The first kappa shape index (κ1) is 13.8. The second-order valence-corrected chi connectivity index (χ2v) is 5.76. The molecule has 2 aliphatic rings. The van der Waals surface area contributed by atoms with Crippen LogP contribution in [0.2, 0.25) is 0 Å². The molecule has 0 aromatic rings. The molecule has 0 heterocycles. The van der Waals surface area contributed by atoms with Gasteiger partial charge in [0.05, 0.1) is 12.1 Å². The van der Waals surface area contributed by atoms with Crippen molar-refractivity contribution < 1.29 is 9.53 Å². The van der Waals surface area contributed by atoms with Crippen LogP contribution in [0, 0.1) is 0 Å². The van der Waals surface area contributed by atoms with Crippen molar-refractivity contribution in [3.63, 3.8) is 0 Å². The Balaban J connectivity index is 1.65. The van der Waals surface area contributed by atoms with Crippen molar-refractivity contribution in [1.82, 2.24) is 10.6 Å². The van der Waals surface area contributed by atoms with E-state index in [1.54, 1.807) is 7.11 Å². The lowest BCUT2D eigenvalue weighted by Crippen LogP contribution is -2.54. The number of nitrogens with one attached hydrogen (secondary N) is 2. The highest BCUT2D eigenvalue weighted by Gasteiger charge is 2.31. The monoisotopic (exact) mass is 254 g/mol. The van der Waals surface area contributed by atoms with Crippen LogP contribution < -0.4 is 10.6 Å². The highest BCUT2D eigenvalue weighted by Crippen LogP contribution is 2.23. The molecule has 4 nitrogen and oxygen atoms in total. The summed E-state index contributed by atoms with van der Waals surface area (Å²) in [7, 11) is 1.75. The van der Waals surface area contributed by atoms with Crippen molar-refractivity contribution in [2.24, 2.45) is 0 Å². The number of hydrogen-bond acceptors (Lipinski definition) is 3. The zero-order valence-electron chi connectivity index (χ0n) is 11.6. The fourth-order valence-corrected chi connectivity index (χ4v) is 2.90. The van der Waals surface area contributed by atoms with Crippen LogP contribution in [0.4, 0.5) is 0 Å². The molecule has 2 N–H and O–H groups in total. The molecule has 0 bridgehead atoms. The quantitative estimate of drug-likeness (QED) is 0.783. The summed E-state index contributed by atoms with van der Waals surface area (Å²) in [6, 6.07) is 0.764. The summed E-state index contributed by atoms with van der Waals surface area (Å²) in [5, 5.41) is 6.54. The molecule has 0 aromatic carbocycles. The molecule has 4 heteroatoms. The maximum atomic E-state index is 12.0. The van der Waals surface area contributed by atoms with E-state index in [-0.39, 0.29) is 11.9 Å². The van der Waals surface area contributed by atoms with Gasteiger partial charge in [-0.2, -0.15) is 0 Å². The van der Waals surface area contributed by atoms with Crippen LogP contribution in [0.5, 0.6) is 0 Å². The van der Waals surface area contributed by atoms with Crippen LogP contribution in [0.1, 0.15) is 51.9 Å². The van der Waals surface area contributed by atoms with E-state index in [4.69, 9.17) is 4.74 Å². The molecular formula is C14H26N2O2. The molecule has 0 saturated heterocycles. The van der Waals surface area contributed by atoms with Crippen molar-refractivity contribution >= 4 is 5.91 Å². The van der Waals surface area contributed by atoms with Gasteiger partial charge >= 0.3 is 0 Å². The number of carbonyl (C=O) groups excluding carboxylic acids is 1. The standard InChI is InChI=1S/C14H26N2O2/c1-10(15-12-8-13(9-12)18-2)14(17)16-11-6-4-3-5-7-11/h10-13,15H,3-9H2,1-2H3,(H,16,17). The van der Waals surface area contributed by atoms with Crippen LogP contribution in [-0.4, -0.2) is 37.2 Å². The van der Waals surface area contributed by atoms with Gasteiger partial charge < -0.3 is 15.4 Å². The second-order valence-electron chi connectivity index (χ2n) is 5.76. The minimum atomic E-state index is -0.0882. The summed E-state index contributed by atoms with van der Waals surface area (Å²) in [4.78, 5) is 12.0. The van der Waals surface area contributed by atoms with Gasteiger partial charge in [0, 0.05) is 19.2 Å². The van der Waals surface area contributed by atoms with Gasteiger partial charge in [0.15, 0.2) is 0 Å². The van der Waals surface area contributed by atoms with E-state index in [0.29, 0.717) is 18.2 Å². The van der Waals surface area contributed by atoms with Crippen molar-refractivity contribution in [2.45, 2.75) is 76.1 Å². The lowest BCUT2D eigenvalue weighted by atomic mass is 9.88. The van der Waals surface area contributed by atoms with Gasteiger partial charge in [-0.15, -0.1) is 0 Å². The predicted octanol–water partition coefficient (Wildman–Crippen LogP) is 1.59. The summed E-state index contributed by atoms with van der Waals surface area (Å²) in [5.74, 6) is 0.155. The summed E-state index contributed by atoms with van der Waals surface area (Å²) < 4.78 is 5.24. The van der Waals surface area contributed by atoms with Gasteiger partial charge in [-0.1, -0.05) is 19.3 Å². The number of amides is 1. The molecule has 2 aliphatic carbocycles. The molecule has 0 aliphatic heterocycles. The number of carbonyl (C=O) groups is 1. The molecule has 2 rings (SSSR count). The topological polar surface area (TPSA) is 50.4 Å². The lowest BCUT2D eigenvalue weighted by Gasteiger charge is -2.36. The van der Waals surface area contributed by atoms with Gasteiger partial charge in [0.1, 0.15) is 0 Å². The van der Waals surface area contributed by atoms with E-state index < -0.39 is 0 Å². The molecule has 1 amide bonds. The SMILES string of the molecule is COC1CC(NC(C)C(=O)NC2CCCCC2)C1. The van der Waals surface area contributed by atoms with Gasteiger partial charge in [0.25, 0.3) is 0 Å². The summed E-state index contributed by atoms with van der Waals surface area (Å²) in [5.41, 5.74) is 0. The van der Waals surface area contributed by atoms with Crippen LogP contribution in [0.3, 0.4) is 0 Å². The van der Waals surface area contributed by atoms with Gasteiger partial charge in [-0.3, -0.25) is 4.79 Å². The largest absolute Gasteiger partial charge is 0.381 e. The average molecular weight is 254 g/mol. The number of rotatable bonds is 5. The van der Waals surface area contributed by atoms with E-state index in [1.165, 1.54) is 19.3 Å². The minimum absolute atomic E-state index is 0.0882. The van der Waals surface area contributed by atoms with E-state index in [0.717, 1.165) is 25.7 Å². The molecule has 104 valence electrons. The first-order valence-electron chi connectivity index (χ1n) is 7.28. The molecular weight excluding hydrogens is 228 g/mol. The number of ether oxygens (including phenoxy) is 1. The van der Waals surface area contributed by atoms with Gasteiger partial charge in [0.2, 0.25) is 5.91 Å². The first-order valence-corrected chi connectivity index (χ1v) is 7.28. The molecule has 1 unspecified atom stereocenters. The first-order chi connectivity index (χ1) is 8.69. The number of methoxy groups -OCH3 is 1. The van der Waals surface area contributed by atoms with Crippen molar-refractivity contribution in [3.05, 3.63) is 0 Å². The van der Waals surface area contributed by atoms with E-state index in [2.05, 4.69) is 10.6 Å². The third-order valence-electron chi connectivity index (χ3n) is 4.26. The third kappa shape index (κ3) is 3.69. The fourth-order valence-electron chi connectivity index (χ4n) is 2.90. The Labute approximate surface area is 110 Å². The lowest BCUT2D eigenvalue weighted by molar-refractivity contribution is -0.124. The van der Waals surface area contributed by atoms with E-state index >= 15 is 0 Å². The van der Waals surface area contributed by atoms with Crippen molar-refractivity contribution in [2.75, 3.05) is 7.11 Å². The average Bonchev–Trinajstić information content (AvgIpc) is 2.34. The maximum absolute atomic E-state index is 12.0. The van der Waals surface area contributed by atoms with Crippen molar-refractivity contribution in [1.29, 1.82) is 0 Å². The van der Waals surface area contributed by atoms with Gasteiger partial charge in [-0.25, -0.2) is 0 Å². The molecule has 0 aromatic heterocycles. The molecule has 1 atom stereocenters. The predicted molar refractivity (Wildman–Crippen MR) is 71.4 cm³/mol. The molecule has 18 heavy (non-hydrogen) atoms. The maximum Gasteiger partial charge on any atom is 0.237 e. The Morgan fingerprint density at radius 2 is 1.83 bits per heavy atom. The van der Waals surface area contributed by atoms with E-state index in [9.17, 15) is 4.79 Å². The Morgan fingerprint density at radius 1 is 1.17 bits per heavy atom. The minimum Gasteiger partial charge on any atom is -0.381 e. The zero-order valence-corrected chi connectivity index (χ0v) is 11.6. The summed E-state index contributed by atoms with van der Waals surface area (Å²) >= 11 is 0. The molecule has 2 saturated carbocycles. The Bertz CT molecular complexity index is 271. The molecule has 0 spiro atoms. The highest BCUT2D eigenvalue weighted by molar-refractivity contribution is 5.81. The van der Waals surface area contributed by atoms with Crippen LogP contribution in [-0.2, 0) is 9.53 Å². The van der Waals surface area contributed by atoms with Crippen LogP contribution >= 0.6 is 0 Å². The van der Waals surface area contributed by atoms with Gasteiger partial charge in [-0.05, 0) is 32.6 Å². The third-order valence-corrected chi connectivity index (χ3v) is 4.26. The highest BCUT2D eigenvalue weighted by atomic mass is 16.5. The molecule has 0 radical (unpaired) electrons. The second kappa shape index (κ2) is 6.53. The Kier molecular flexibility index (Phi) is 5.01. The van der Waals surface area contributed by atoms with Crippen LogP contribution in [0.25, 0.3) is 0 Å². The normalized spacial score (nSPS) is 30.6. The van der Waals surface area contributed by atoms with Crippen molar-refractivity contribution in [3.8, 4) is 0 Å². The molecule has 2 fully saturated rings. The number of hydrogen-bond donors (Lipinski definition) is 2. The van der Waals surface area contributed by atoms with E-state index in [1.807, 2.05) is 6.92 Å². The summed E-state index contributed by atoms with van der Waals surface area (Å²) in [6.45, 7) is 1.96. The smallest absolute Gasteiger partial charge is 0.237 e. The Morgan fingerprint density at radius 3 is 2.44 bits per heavy atom. The Hall–Kier alpha value is -0.610.